The Bertz CT molecular complexity index is 330. The van der Waals surface area contributed by atoms with E-state index in [-0.39, 0.29) is 11.5 Å². The van der Waals surface area contributed by atoms with E-state index in [9.17, 15) is 8.42 Å². The van der Waals surface area contributed by atoms with Crippen molar-refractivity contribution in [3.63, 3.8) is 0 Å². The molecule has 5 heteroatoms. The molecule has 2 N–H and O–H groups in total. The van der Waals surface area contributed by atoms with Crippen LogP contribution >= 0.6 is 0 Å². The number of hydrogen-bond acceptors (Lipinski definition) is 3. The van der Waals surface area contributed by atoms with Gasteiger partial charge < -0.3 is 5.73 Å². The van der Waals surface area contributed by atoms with E-state index in [1.165, 1.54) is 19.3 Å². The van der Waals surface area contributed by atoms with E-state index in [1.54, 1.807) is 6.92 Å². The molecule has 0 aromatic heterocycles. The molecule has 0 bridgehead atoms. The molecule has 16 heavy (non-hydrogen) atoms. The summed E-state index contributed by atoms with van der Waals surface area (Å²) in [5, 5.41) is 0. The van der Waals surface area contributed by atoms with Crippen LogP contribution in [0.4, 0.5) is 0 Å². The zero-order valence-corrected chi connectivity index (χ0v) is 10.8. The molecule has 1 saturated carbocycles. The van der Waals surface area contributed by atoms with Gasteiger partial charge in [0.1, 0.15) is 0 Å². The van der Waals surface area contributed by atoms with Crippen LogP contribution in [0.2, 0.25) is 0 Å². The van der Waals surface area contributed by atoms with Gasteiger partial charge in [-0.3, -0.25) is 4.99 Å². The second-order valence-electron chi connectivity index (χ2n) is 4.38. The Kier molecular flexibility index (Phi) is 5.25. The van der Waals surface area contributed by atoms with Crippen molar-refractivity contribution in [2.24, 2.45) is 16.6 Å². The molecule has 1 rings (SSSR count). The highest BCUT2D eigenvalue weighted by Crippen LogP contribution is 2.23. The summed E-state index contributed by atoms with van der Waals surface area (Å²) in [5.41, 5.74) is 5.87. The molecule has 0 radical (unpaired) electrons. The predicted octanol–water partition coefficient (Wildman–Crippen LogP) is 1.36. The number of sulfone groups is 1. The summed E-state index contributed by atoms with van der Waals surface area (Å²) in [6, 6.07) is 0. The Morgan fingerprint density at radius 1 is 1.31 bits per heavy atom. The van der Waals surface area contributed by atoms with Crippen molar-refractivity contribution in [2.75, 3.05) is 18.1 Å². The van der Waals surface area contributed by atoms with Crippen LogP contribution in [-0.4, -0.2) is 32.3 Å². The molecule has 0 saturated heterocycles. The second-order valence-corrected chi connectivity index (χ2v) is 6.85. The molecule has 0 spiro atoms. The van der Waals surface area contributed by atoms with E-state index < -0.39 is 9.84 Å². The number of amidine groups is 1. The Labute approximate surface area is 98.2 Å². The first-order chi connectivity index (χ1) is 7.55. The third kappa shape index (κ3) is 4.51. The smallest absolute Gasteiger partial charge is 0.151 e. The quantitative estimate of drug-likeness (QED) is 0.588. The fraction of sp³-hybridized carbons (Fsp3) is 0.909. The summed E-state index contributed by atoms with van der Waals surface area (Å²) in [7, 11) is -2.91. The van der Waals surface area contributed by atoms with Gasteiger partial charge in [-0.05, 0) is 12.8 Å². The molecule has 0 heterocycles. The lowest BCUT2D eigenvalue weighted by atomic mass is 9.88. The van der Waals surface area contributed by atoms with Crippen LogP contribution in [0.3, 0.4) is 0 Å². The van der Waals surface area contributed by atoms with Gasteiger partial charge in [0.05, 0.1) is 18.1 Å². The molecule has 1 fully saturated rings. The van der Waals surface area contributed by atoms with Crippen LogP contribution in [-0.2, 0) is 9.84 Å². The van der Waals surface area contributed by atoms with Gasteiger partial charge in [-0.25, -0.2) is 8.42 Å². The van der Waals surface area contributed by atoms with Gasteiger partial charge in [-0.15, -0.1) is 0 Å². The summed E-state index contributed by atoms with van der Waals surface area (Å²) in [5.74, 6) is 1.35. The van der Waals surface area contributed by atoms with Gasteiger partial charge in [0.25, 0.3) is 0 Å². The van der Waals surface area contributed by atoms with E-state index in [0.717, 1.165) is 12.8 Å². The molecule has 1 aliphatic rings. The van der Waals surface area contributed by atoms with Gasteiger partial charge in [0, 0.05) is 11.7 Å². The van der Waals surface area contributed by atoms with Crippen LogP contribution < -0.4 is 5.73 Å². The number of nitrogens with two attached hydrogens (primary N) is 1. The summed E-state index contributed by atoms with van der Waals surface area (Å²) in [4.78, 5) is 4.20. The maximum absolute atomic E-state index is 11.2. The Morgan fingerprint density at radius 3 is 2.50 bits per heavy atom. The fourth-order valence-electron chi connectivity index (χ4n) is 1.99. The monoisotopic (exact) mass is 246 g/mol. The number of aliphatic imine (C=N–C) groups is 1. The Hall–Kier alpha value is -0.580. The van der Waals surface area contributed by atoms with E-state index in [1.807, 2.05) is 0 Å². The molecule has 4 nitrogen and oxygen atoms in total. The average Bonchev–Trinajstić information content (AvgIpc) is 2.30. The summed E-state index contributed by atoms with van der Waals surface area (Å²) in [6.45, 7) is 1.97. The molecule has 94 valence electrons. The number of rotatable bonds is 5. The highest BCUT2D eigenvalue weighted by Gasteiger charge is 2.16. The highest BCUT2D eigenvalue weighted by molar-refractivity contribution is 7.91. The lowest BCUT2D eigenvalue weighted by Crippen LogP contribution is -2.26. The molecule has 0 aliphatic heterocycles. The predicted molar refractivity (Wildman–Crippen MR) is 67.4 cm³/mol. The summed E-state index contributed by atoms with van der Waals surface area (Å²) < 4.78 is 22.5. The first kappa shape index (κ1) is 13.5. The second kappa shape index (κ2) is 6.23. The van der Waals surface area contributed by atoms with Crippen molar-refractivity contribution < 1.29 is 8.42 Å². The first-order valence-electron chi connectivity index (χ1n) is 6.05. The van der Waals surface area contributed by atoms with Gasteiger partial charge in [0.15, 0.2) is 9.84 Å². The van der Waals surface area contributed by atoms with Crippen molar-refractivity contribution in [1.29, 1.82) is 0 Å². The molecule has 0 aromatic carbocycles. The minimum atomic E-state index is -2.91. The van der Waals surface area contributed by atoms with Crippen LogP contribution in [0.25, 0.3) is 0 Å². The molecule has 0 amide bonds. The Balaban J connectivity index is 2.38. The van der Waals surface area contributed by atoms with Gasteiger partial charge in [-0.2, -0.15) is 0 Å². The van der Waals surface area contributed by atoms with Crippen LogP contribution in [0.1, 0.15) is 39.0 Å². The van der Waals surface area contributed by atoms with Crippen molar-refractivity contribution >= 4 is 15.7 Å². The average molecular weight is 246 g/mol. The zero-order valence-electron chi connectivity index (χ0n) is 9.98. The van der Waals surface area contributed by atoms with Gasteiger partial charge in [0.2, 0.25) is 0 Å². The van der Waals surface area contributed by atoms with E-state index in [2.05, 4.69) is 4.99 Å². The fourth-order valence-corrected chi connectivity index (χ4v) is 2.64. The molecule has 0 unspecified atom stereocenters. The maximum Gasteiger partial charge on any atom is 0.151 e. The molecular weight excluding hydrogens is 224 g/mol. The lowest BCUT2D eigenvalue weighted by Gasteiger charge is -2.20. The van der Waals surface area contributed by atoms with Crippen molar-refractivity contribution in [2.45, 2.75) is 39.0 Å². The SMILES string of the molecule is CCS(=O)(=O)CCN=C(N)C1CCCCC1. The largest absolute Gasteiger partial charge is 0.387 e. The number of nitrogens with zero attached hydrogens (tertiary/aromatic N) is 1. The lowest BCUT2D eigenvalue weighted by molar-refractivity contribution is 0.436. The maximum atomic E-state index is 11.2. The topological polar surface area (TPSA) is 72.5 Å². The van der Waals surface area contributed by atoms with Crippen LogP contribution in [0.5, 0.6) is 0 Å². The number of hydrogen-bond donors (Lipinski definition) is 1. The normalized spacial score (nSPS) is 19.9. The molecule has 0 aromatic rings. The third-order valence-corrected chi connectivity index (χ3v) is 4.84. The summed E-state index contributed by atoms with van der Waals surface area (Å²) >= 11 is 0. The minimum Gasteiger partial charge on any atom is -0.387 e. The highest BCUT2D eigenvalue weighted by atomic mass is 32.2. The van der Waals surface area contributed by atoms with Gasteiger partial charge >= 0.3 is 0 Å². The van der Waals surface area contributed by atoms with Crippen molar-refractivity contribution in [1.82, 2.24) is 0 Å². The first-order valence-corrected chi connectivity index (χ1v) is 7.87. The molecular formula is C11H22N2O2S. The van der Waals surface area contributed by atoms with E-state index in [4.69, 9.17) is 5.73 Å². The van der Waals surface area contributed by atoms with Crippen molar-refractivity contribution in [3.05, 3.63) is 0 Å². The van der Waals surface area contributed by atoms with Crippen molar-refractivity contribution in [3.8, 4) is 0 Å². The standard InChI is InChI=1S/C11H22N2O2S/c1-2-16(14,15)9-8-13-11(12)10-6-4-3-5-7-10/h10H,2-9H2,1H3,(H2,12,13). The van der Waals surface area contributed by atoms with Gasteiger partial charge in [-0.1, -0.05) is 26.2 Å². The minimum absolute atomic E-state index is 0.122. The third-order valence-electron chi connectivity index (χ3n) is 3.16. The van der Waals surface area contributed by atoms with Crippen LogP contribution in [0, 0.1) is 5.92 Å². The zero-order chi connectivity index (χ0) is 12.0. The van der Waals surface area contributed by atoms with E-state index in [0.29, 0.717) is 18.3 Å². The molecule has 1 aliphatic carbocycles. The summed E-state index contributed by atoms with van der Waals surface area (Å²) in [6.07, 6.45) is 5.93. The molecule has 0 atom stereocenters. The Morgan fingerprint density at radius 2 is 1.94 bits per heavy atom. The van der Waals surface area contributed by atoms with E-state index >= 15 is 0 Å². The van der Waals surface area contributed by atoms with Crippen LogP contribution in [0.15, 0.2) is 4.99 Å².